The molecular weight excluding hydrogens is 192 g/mol. The van der Waals surface area contributed by atoms with Crippen molar-refractivity contribution in [2.75, 3.05) is 28.3 Å². The summed E-state index contributed by atoms with van der Waals surface area (Å²) in [4.78, 5) is 0. The largest absolute Gasteiger partial charge is 0.493 e. The number of ether oxygens (including phenoxy) is 2. The molecule has 0 aliphatic rings. The van der Waals surface area contributed by atoms with Crippen molar-refractivity contribution >= 4 is 6.21 Å². The topological polar surface area (TPSA) is 34.1 Å². The predicted molar refractivity (Wildman–Crippen MR) is 60.8 cm³/mol. The molecule has 15 heavy (non-hydrogen) atoms. The summed E-state index contributed by atoms with van der Waals surface area (Å²) in [7, 11) is 6.96. The van der Waals surface area contributed by atoms with E-state index in [0.29, 0.717) is 11.5 Å². The molecule has 0 bridgehead atoms. The molecular formula is C11H16N2O2. The number of rotatable bonds is 4. The van der Waals surface area contributed by atoms with Crippen molar-refractivity contribution in [2.24, 2.45) is 5.10 Å². The van der Waals surface area contributed by atoms with Crippen LogP contribution in [0.4, 0.5) is 0 Å². The van der Waals surface area contributed by atoms with Crippen molar-refractivity contribution in [1.29, 1.82) is 0 Å². The Morgan fingerprint density at radius 2 is 1.93 bits per heavy atom. The van der Waals surface area contributed by atoms with Crippen LogP contribution in [0.15, 0.2) is 23.3 Å². The van der Waals surface area contributed by atoms with Gasteiger partial charge in [-0.2, -0.15) is 5.10 Å². The first-order valence-corrected chi connectivity index (χ1v) is 4.61. The molecule has 4 nitrogen and oxygen atoms in total. The van der Waals surface area contributed by atoms with Crippen LogP contribution >= 0.6 is 0 Å². The Kier molecular flexibility index (Phi) is 3.97. The fraction of sp³-hybridized carbons (Fsp3) is 0.364. The average molecular weight is 208 g/mol. The van der Waals surface area contributed by atoms with Gasteiger partial charge in [-0.3, -0.25) is 0 Å². The van der Waals surface area contributed by atoms with Gasteiger partial charge in [0.15, 0.2) is 11.5 Å². The van der Waals surface area contributed by atoms with E-state index in [-0.39, 0.29) is 0 Å². The molecule has 0 atom stereocenters. The summed E-state index contributed by atoms with van der Waals surface area (Å²) in [6, 6.07) is 5.68. The Hall–Kier alpha value is -1.71. The summed E-state index contributed by atoms with van der Waals surface area (Å²) < 4.78 is 10.4. The summed E-state index contributed by atoms with van der Waals surface area (Å²) in [5.41, 5.74) is 0.894. The standard InChI is InChI=1S/C11H16N2O2/c1-13(2)12-8-9-6-5-7-10(14-3)11(9)15-4/h5-8H,1-4H3/b12-8+. The molecule has 82 valence electrons. The normalized spacial score (nSPS) is 10.4. The fourth-order valence-electron chi connectivity index (χ4n) is 1.19. The third-order valence-electron chi connectivity index (χ3n) is 1.86. The van der Waals surface area contributed by atoms with E-state index in [2.05, 4.69) is 5.10 Å². The highest BCUT2D eigenvalue weighted by Crippen LogP contribution is 2.29. The second kappa shape index (κ2) is 5.24. The average Bonchev–Trinajstić information content (AvgIpc) is 2.25. The van der Waals surface area contributed by atoms with Gasteiger partial charge in [-0.05, 0) is 12.1 Å². The lowest BCUT2D eigenvalue weighted by Crippen LogP contribution is -2.03. The van der Waals surface area contributed by atoms with Crippen molar-refractivity contribution in [3.05, 3.63) is 23.8 Å². The minimum absolute atomic E-state index is 0.700. The van der Waals surface area contributed by atoms with Gasteiger partial charge in [0, 0.05) is 19.7 Å². The minimum Gasteiger partial charge on any atom is -0.493 e. The maximum atomic E-state index is 5.26. The van der Waals surface area contributed by atoms with E-state index < -0.39 is 0 Å². The minimum atomic E-state index is 0.700. The van der Waals surface area contributed by atoms with Gasteiger partial charge < -0.3 is 14.5 Å². The lowest BCUT2D eigenvalue weighted by molar-refractivity contribution is 0.354. The zero-order valence-electron chi connectivity index (χ0n) is 9.52. The van der Waals surface area contributed by atoms with Gasteiger partial charge in [-0.15, -0.1) is 0 Å². The predicted octanol–water partition coefficient (Wildman–Crippen LogP) is 1.60. The van der Waals surface area contributed by atoms with Gasteiger partial charge in [0.25, 0.3) is 0 Å². The Balaban J connectivity index is 3.06. The Bertz CT molecular complexity index is 348. The van der Waals surface area contributed by atoms with Crippen LogP contribution < -0.4 is 9.47 Å². The molecule has 0 saturated heterocycles. The molecule has 0 N–H and O–H groups in total. The first-order chi connectivity index (χ1) is 7.19. The molecule has 0 radical (unpaired) electrons. The van der Waals surface area contributed by atoms with Crippen LogP contribution in [0.5, 0.6) is 11.5 Å². The van der Waals surface area contributed by atoms with Crippen molar-refractivity contribution < 1.29 is 9.47 Å². The monoisotopic (exact) mass is 208 g/mol. The van der Waals surface area contributed by atoms with Crippen LogP contribution in [0, 0.1) is 0 Å². The van der Waals surface area contributed by atoms with E-state index >= 15 is 0 Å². The number of benzene rings is 1. The van der Waals surface area contributed by atoms with Gasteiger partial charge in [0.2, 0.25) is 0 Å². The van der Waals surface area contributed by atoms with Gasteiger partial charge in [-0.1, -0.05) is 6.07 Å². The molecule has 1 aromatic carbocycles. The summed E-state index contributed by atoms with van der Waals surface area (Å²) in [5.74, 6) is 1.41. The van der Waals surface area contributed by atoms with Gasteiger partial charge in [-0.25, -0.2) is 0 Å². The van der Waals surface area contributed by atoms with Crippen LogP contribution in [0.3, 0.4) is 0 Å². The van der Waals surface area contributed by atoms with E-state index in [9.17, 15) is 0 Å². The molecule has 0 aromatic heterocycles. The SMILES string of the molecule is COc1cccc(/C=N/N(C)C)c1OC. The van der Waals surface area contributed by atoms with E-state index in [1.165, 1.54) is 0 Å². The molecule has 0 spiro atoms. The van der Waals surface area contributed by atoms with Gasteiger partial charge in [0.1, 0.15) is 0 Å². The molecule has 4 heteroatoms. The van der Waals surface area contributed by atoms with Crippen LogP contribution in [-0.2, 0) is 0 Å². The maximum Gasteiger partial charge on any atom is 0.169 e. The molecule has 1 rings (SSSR count). The molecule has 1 aromatic rings. The second-order valence-corrected chi connectivity index (χ2v) is 3.17. The quantitative estimate of drug-likeness (QED) is 0.556. The number of para-hydroxylation sites is 1. The lowest BCUT2D eigenvalue weighted by Gasteiger charge is -2.10. The van der Waals surface area contributed by atoms with Crippen LogP contribution in [0.2, 0.25) is 0 Å². The van der Waals surface area contributed by atoms with Crippen LogP contribution in [0.1, 0.15) is 5.56 Å². The Labute approximate surface area is 90.1 Å². The highest BCUT2D eigenvalue weighted by molar-refractivity contribution is 5.84. The molecule has 0 fully saturated rings. The van der Waals surface area contributed by atoms with Crippen molar-refractivity contribution in [3.8, 4) is 11.5 Å². The summed E-state index contributed by atoms with van der Waals surface area (Å²) in [5, 5.41) is 5.87. The number of methoxy groups -OCH3 is 2. The number of hydrogen-bond acceptors (Lipinski definition) is 4. The molecule has 0 amide bonds. The second-order valence-electron chi connectivity index (χ2n) is 3.17. The molecule has 0 aliphatic heterocycles. The Morgan fingerprint density at radius 1 is 1.20 bits per heavy atom. The maximum absolute atomic E-state index is 5.26. The summed E-state index contributed by atoms with van der Waals surface area (Å²) in [6.07, 6.45) is 1.74. The van der Waals surface area contributed by atoms with Crippen molar-refractivity contribution in [3.63, 3.8) is 0 Å². The smallest absolute Gasteiger partial charge is 0.169 e. The first-order valence-electron chi connectivity index (χ1n) is 4.61. The molecule has 0 heterocycles. The zero-order chi connectivity index (χ0) is 11.3. The van der Waals surface area contributed by atoms with Crippen LogP contribution in [-0.4, -0.2) is 39.5 Å². The molecule has 0 saturated carbocycles. The number of hydrogen-bond donors (Lipinski definition) is 0. The highest BCUT2D eigenvalue weighted by Gasteiger charge is 2.06. The first kappa shape index (κ1) is 11.4. The van der Waals surface area contributed by atoms with E-state index in [1.54, 1.807) is 25.4 Å². The summed E-state index contributed by atoms with van der Waals surface area (Å²) >= 11 is 0. The molecule has 0 aliphatic carbocycles. The third kappa shape index (κ3) is 2.87. The van der Waals surface area contributed by atoms with E-state index in [4.69, 9.17) is 9.47 Å². The molecule has 0 unspecified atom stereocenters. The van der Waals surface area contributed by atoms with Crippen LogP contribution in [0.25, 0.3) is 0 Å². The third-order valence-corrected chi connectivity index (χ3v) is 1.86. The highest BCUT2D eigenvalue weighted by atomic mass is 16.5. The van der Waals surface area contributed by atoms with E-state index in [0.717, 1.165) is 5.56 Å². The van der Waals surface area contributed by atoms with Crippen molar-refractivity contribution in [2.45, 2.75) is 0 Å². The van der Waals surface area contributed by atoms with Gasteiger partial charge in [0.05, 0.1) is 20.4 Å². The van der Waals surface area contributed by atoms with Crippen molar-refractivity contribution in [1.82, 2.24) is 5.01 Å². The fourth-order valence-corrected chi connectivity index (χ4v) is 1.19. The summed E-state index contributed by atoms with van der Waals surface area (Å²) in [6.45, 7) is 0. The Morgan fingerprint density at radius 3 is 2.47 bits per heavy atom. The van der Waals surface area contributed by atoms with Gasteiger partial charge >= 0.3 is 0 Å². The number of hydrazone groups is 1. The lowest BCUT2D eigenvalue weighted by atomic mass is 10.2. The number of nitrogens with zero attached hydrogens (tertiary/aromatic N) is 2. The zero-order valence-corrected chi connectivity index (χ0v) is 9.52. The van der Waals surface area contributed by atoms with E-state index in [1.807, 2.05) is 32.3 Å².